The van der Waals surface area contributed by atoms with E-state index in [2.05, 4.69) is 4.90 Å². The number of rotatable bonds is 4. The Kier molecular flexibility index (Phi) is 8.08. The van der Waals surface area contributed by atoms with E-state index in [1.807, 2.05) is 24.3 Å². The van der Waals surface area contributed by atoms with E-state index in [1.165, 1.54) is 29.8 Å². The predicted molar refractivity (Wildman–Crippen MR) is 107 cm³/mol. The van der Waals surface area contributed by atoms with Gasteiger partial charge in [0.25, 0.3) is 0 Å². The molecule has 0 amide bonds. The molecule has 26 heavy (non-hydrogen) atoms. The van der Waals surface area contributed by atoms with Crippen LogP contribution in [-0.2, 0) is 0 Å². The van der Waals surface area contributed by atoms with Gasteiger partial charge in [0.15, 0.2) is 0 Å². The van der Waals surface area contributed by atoms with Crippen LogP contribution in [0.4, 0.5) is 8.78 Å². The normalized spacial score (nSPS) is 15.3. The quantitative estimate of drug-likeness (QED) is 0.579. The van der Waals surface area contributed by atoms with Crippen LogP contribution in [0.5, 0.6) is 0 Å². The summed E-state index contributed by atoms with van der Waals surface area (Å²) in [6.07, 6.45) is 3.00. The van der Waals surface area contributed by atoms with Crippen LogP contribution in [0, 0.1) is 11.6 Å². The molecule has 0 radical (unpaired) electrons. The largest absolute Gasteiger partial charge is 0.302 e. The Bertz CT molecular complexity index is 679. The molecule has 0 unspecified atom stereocenters. The van der Waals surface area contributed by atoms with Crippen molar-refractivity contribution in [3.63, 3.8) is 0 Å². The molecule has 1 nitrogen and oxygen atoms in total. The minimum absolute atomic E-state index is 0. The minimum Gasteiger partial charge on any atom is -0.302 e. The van der Waals surface area contributed by atoms with Gasteiger partial charge in [-0.15, -0.1) is 24.0 Å². The monoisotopic (exact) mass is 397 g/mol. The van der Waals surface area contributed by atoms with Crippen LogP contribution in [0.1, 0.15) is 30.4 Å². The van der Waals surface area contributed by atoms with Gasteiger partial charge in [-0.05, 0) is 66.8 Å². The molecule has 1 aliphatic heterocycles. The molecule has 1 aliphatic rings. The van der Waals surface area contributed by atoms with Crippen LogP contribution in [0.3, 0.4) is 0 Å². The molecule has 0 aromatic heterocycles. The van der Waals surface area contributed by atoms with Crippen molar-refractivity contribution in [1.82, 2.24) is 4.90 Å². The third kappa shape index (κ3) is 5.29. The van der Waals surface area contributed by atoms with Crippen molar-refractivity contribution in [3.8, 4) is 0 Å². The van der Waals surface area contributed by atoms with Gasteiger partial charge in [-0.1, -0.05) is 29.8 Å². The molecule has 0 N–H and O–H groups in total. The lowest BCUT2D eigenvalue weighted by atomic mass is 9.90. The van der Waals surface area contributed by atoms with Crippen molar-refractivity contribution in [2.75, 3.05) is 25.5 Å². The first-order valence-electron chi connectivity index (χ1n) is 8.69. The van der Waals surface area contributed by atoms with Gasteiger partial charge in [0.1, 0.15) is 11.6 Å². The van der Waals surface area contributed by atoms with Gasteiger partial charge in [0.2, 0.25) is 0 Å². The third-order valence-corrected chi connectivity index (χ3v) is 4.87. The number of hydrogen-bond donors (Lipinski definition) is 0. The SMILES string of the molecule is Cl.Fc1ccc(C(=C2CCCN(CCCl)CC2)c2ccc(F)cc2)cc1. The zero-order valence-electron chi connectivity index (χ0n) is 14.6. The zero-order valence-corrected chi connectivity index (χ0v) is 16.1. The fraction of sp³-hybridized carbons (Fsp3) is 0.333. The molecule has 1 fully saturated rings. The highest BCUT2D eigenvalue weighted by atomic mass is 35.5. The molecule has 140 valence electrons. The maximum absolute atomic E-state index is 13.4. The molecule has 0 saturated carbocycles. The summed E-state index contributed by atoms with van der Waals surface area (Å²) in [5, 5.41) is 0. The second kappa shape index (κ2) is 10.1. The van der Waals surface area contributed by atoms with Gasteiger partial charge in [0, 0.05) is 19.0 Å². The van der Waals surface area contributed by atoms with Crippen LogP contribution in [0.25, 0.3) is 5.57 Å². The van der Waals surface area contributed by atoms with E-state index >= 15 is 0 Å². The summed E-state index contributed by atoms with van der Waals surface area (Å²) in [6.45, 7) is 2.90. The highest BCUT2D eigenvalue weighted by Gasteiger charge is 2.17. The molecule has 0 aliphatic carbocycles. The highest BCUT2D eigenvalue weighted by Crippen LogP contribution is 2.32. The van der Waals surface area contributed by atoms with Crippen molar-refractivity contribution < 1.29 is 8.78 Å². The average molecular weight is 398 g/mol. The molecule has 5 heteroatoms. The fourth-order valence-electron chi connectivity index (χ4n) is 3.45. The van der Waals surface area contributed by atoms with Crippen molar-refractivity contribution in [2.45, 2.75) is 19.3 Å². The van der Waals surface area contributed by atoms with Crippen LogP contribution in [0.2, 0.25) is 0 Å². The molecule has 0 spiro atoms. The first-order chi connectivity index (χ1) is 12.2. The van der Waals surface area contributed by atoms with E-state index in [9.17, 15) is 8.78 Å². The summed E-state index contributed by atoms with van der Waals surface area (Å²) in [4.78, 5) is 2.38. The van der Waals surface area contributed by atoms with E-state index < -0.39 is 0 Å². The molecular weight excluding hydrogens is 375 g/mol. The van der Waals surface area contributed by atoms with E-state index in [4.69, 9.17) is 11.6 Å². The van der Waals surface area contributed by atoms with Crippen molar-refractivity contribution >= 4 is 29.6 Å². The van der Waals surface area contributed by atoms with Gasteiger partial charge >= 0.3 is 0 Å². The first-order valence-corrected chi connectivity index (χ1v) is 9.23. The lowest BCUT2D eigenvalue weighted by molar-refractivity contribution is 0.304. The number of halogens is 4. The van der Waals surface area contributed by atoms with Crippen LogP contribution >= 0.6 is 24.0 Å². The lowest BCUT2D eigenvalue weighted by Gasteiger charge is -2.18. The van der Waals surface area contributed by atoms with E-state index in [-0.39, 0.29) is 24.0 Å². The average Bonchev–Trinajstić information content (AvgIpc) is 2.85. The van der Waals surface area contributed by atoms with Gasteiger partial charge in [0.05, 0.1) is 0 Å². The maximum atomic E-state index is 13.4. The summed E-state index contributed by atoms with van der Waals surface area (Å²) < 4.78 is 26.7. The Balaban J connectivity index is 0.00000243. The van der Waals surface area contributed by atoms with E-state index in [0.29, 0.717) is 5.88 Å². The number of likely N-dealkylation sites (tertiary alicyclic amines) is 1. The van der Waals surface area contributed by atoms with Crippen LogP contribution in [0.15, 0.2) is 54.1 Å². The smallest absolute Gasteiger partial charge is 0.123 e. The second-order valence-electron chi connectivity index (χ2n) is 6.38. The molecule has 2 aromatic rings. The molecule has 0 atom stereocenters. The molecule has 2 aromatic carbocycles. The Morgan fingerprint density at radius 1 is 0.846 bits per heavy atom. The summed E-state index contributed by atoms with van der Waals surface area (Å²) in [5.74, 6) is 0.143. The Morgan fingerprint density at radius 3 is 1.88 bits per heavy atom. The van der Waals surface area contributed by atoms with Crippen molar-refractivity contribution in [2.24, 2.45) is 0 Å². The molecule has 1 saturated heterocycles. The van der Waals surface area contributed by atoms with E-state index in [0.717, 1.165) is 55.6 Å². The summed E-state index contributed by atoms with van der Waals surface area (Å²) in [5.41, 5.74) is 4.41. The Morgan fingerprint density at radius 2 is 1.38 bits per heavy atom. The Labute approximate surface area is 165 Å². The molecule has 1 heterocycles. The summed E-state index contributed by atoms with van der Waals surface area (Å²) in [6, 6.07) is 13.2. The molecule has 3 rings (SSSR count). The second-order valence-corrected chi connectivity index (χ2v) is 6.75. The minimum atomic E-state index is -0.249. The molecule has 0 bridgehead atoms. The summed E-state index contributed by atoms with van der Waals surface area (Å²) >= 11 is 5.88. The van der Waals surface area contributed by atoms with Crippen LogP contribution < -0.4 is 0 Å². The number of benzene rings is 2. The van der Waals surface area contributed by atoms with Crippen molar-refractivity contribution in [1.29, 1.82) is 0 Å². The lowest BCUT2D eigenvalue weighted by Crippen LogP contribution is -2.26. The van der Waals surface area contributed by atoms with E-state index in [1.54, 1.807) is 0 Å². The highest BCUT2D eigenvalue weighted by molar-refractivity contribution is 6.18. The number of alkyl halides is 1. The third-order valence-electron chi connectivity index (χ3n) is 4.70. The Hall–Kier alpha value is -1.42. The standard InChI is InChI=1S/C21H22ClF2N.ClH/c22-12-15-25-13-1-2-16(11-14-25)21(17-3-7-19(23)8-4-17)18-5-9-20(24)10-6-18;/h3-10H,1-2,11-15H2;1H. The van der Waals surface area contributed by atoms with Crippen molar-refractivity contribution in [3.05, 3.63) is 76.9 Å². The van der Waals surface area contributed by atoms with Gasteiger partial charge in [-0.25, -0.2) is 8.78 Å². The van der Waals surface area contributed by atoms with Gasteiger partial charge in [-0.2, -0.15) is 0 Å². The molecular formula is C21H23Cl2F2N. The first kappa shape index (κ1) is 20.9. The number of hydrogen-bond acceptors (Lipinski definition) is 1. The summed E-state index contributed by atoms with van der Waals surface area (Å²) in [7, 11) is 0. The fourth-order valence-corrected chi connectivity index (χ4v) is 3.69. The predicted octanol–water partition coefficient (Wildman–Crippen LogP) is 5.91. The topological polar surface area (TPSA) is 3.24 Å². The van der Waals surface area contributed by atoms with Gasteiger partial charge < -0.3 is 4.90 Å². The zero-order chi connectivity index (χ0) is 17.6. The van der Waals surface area contributed by atoms with Gasteiger partial charge in [-0.3, -0.25) is 0 Å². The maximum Gasteiger partial charge on any atom is 0.123 e. The van der Waals surface area contributed by atoms with Crippen LogP contribution in [-0.4, -0.2) is 30.4 Å². The number of nitrogens with zero attached hydrogens (tertiary/aromatic N) is 1.